The normalized spacial score (nSPS) is 20.1. The number of nitro groups is 1. The summed E-state index contributed by atoms with van der Waals surface area (Å²) in [5, 5.41) is 14.0. The summed E-state index contributed by atoms with van der Waals surface area (Å²) >= 11 is 0. The average Bonchev–Trinajstić information content (AvgIpc) is 2.34. The molecule has 0 radical (unpaired) electrons. The highest BCUT2D eigenvalue weighted by atomic mass is 16.6. The zero-order valence-corrected chi connectivity index (χ0v) is 13.0. The predicted molar refractivity (Wildman–Crippen MR) is 79.7 cm³/mol. The van der Waals surface area contributed by atoms with Gasteiger partial charge in [-0.15, -0.1) is 0 Å². The lowest BCUT2D eigenvalue weighted by atomic mass is 9.99. The van der Waals surface area contributed by atoms with Crippen molar-refractivity contribution in [2.45, 2.75) is 38.9 Å². The van der Waals surface area contributed by atoms with E-state index in [-0.39, 0.29) is 5.69 Å². The van der Waals surface area contributed by atoms with E-state index in [2.05, 4.69) is 15.3 Å². The number of anilines is 2. The molecule has 1 N–H and O–H groups in total. The van der Waals surface area contributed by atoms with Gasteiger partial charge in [-0.2, -0.15) is 4.98 Å². The van der Waals surface area contributed by atoms with Gasteiger partial charge in [0.2, 0.25) is 11.8 Å². The second-order valence-electron chi connectivity index (χ2n) is 6.39. The molecule has 1 fully saturated rings. The molecule has 1 aliphatic rings. The first-order valence-corrected chi connectivity index (χ1v) is 6.78. The van der Waals surface area contributed by atoms with Crippen molar-refractivity contribution < 1.29 is 9.66 Å². The molecule has 2 heterocycles. The van der Waals surface area contributed by atoms with Crippen LogP contribution in [-0.4, -0.2) is 46.2 Å². The molecule has 0 bridgehead atoms. The van der Waals surface area contributed by atoms with Gasteiger partial charge in [-0.05, 0) is 27.7 Å². The first-order valence-electron chi connectivity index (χ1n) is 6.78. The molecule has 0 spiro atoms. The fraction of sp³-hybridized carbons (Fsp3) is 0.692. The number of nitrogens with one attached hydrogen (secondary N) is 1. The first-order chi connectivity index (χ1) is 9.63. The molecule has 0 atom stereocenters. The molecule has 0 aromatic carbocycles. The van der Waals surface area contributed by atoms with Gasteiger partial charge in [0, 0.05) is 20.1 Å². The summed E-state index contributed by atoms with van der Waals surface area (Å²) in [6, 6.07) is 0. The maximum atomic E-state index is 11.2. The number of nitrogens with zero attached hydrogens (tertiary/aromatic N) is 4. The minimum absolute atomic E-state index is 0.0949. The lowest BCUT2D eigenvalue weighted by Gasteiger charge is -2.47. The van der Waals surface area contributed by atoms with Crippen molar-refractivity contribution in [1.82, 2.24) is 9.97 Å². The van der Waals surface area contributed by atoms with Gasteiger partial charge in [-0.1, -0.05) is 0 Å². The number of morpholine rings is 1. The summed E-state index contributed by atoms with van der Waals surface area (Å²) in [6.07, 6.45) is 1.24. The van der Waals surface area contributed by atoms with Crippen LogP contribution in [-0.2, 0) is 4.74 Å². The van der Waals surface area contributed by atoms with Crippen LogP contribution in [0.25, 0.3) is 0 Å². The summed E-state index contributed by atoms with van der Waals surface area (Å²) in [5.41, 5.74) is -0.927. The number of rotatable bonds is 3. The third-order valence-electron chi connectivity index (χ3n) is 3.17. The maximum Gasteiger partial charge on any atom is 0.329 e. The molecule has 116 valence electrons. The smallest absolute Gasteiger partial charge is 0.329 e. The van der Waals surface area contributed by atoms with Crippen LogP contribution in [0.2, 0.25) is 0 Å². The molecule has 0 aliphatic carbocycles. The molecular weight excluding hydrogens is 274 g/mol. The second-order valence-corrected chi connectivity index (χ2v) is 6.39. The van der Waals surface area contributed by atoms with E-state index in [0.717, 1.165) is 0 Å². The summed E-state index contributed by atoms with van der Waals surface area (Å²) in [4.78, 5) is 20.9. The first kappa shape index (κ1) is 15.4. The topological polar surface area (TPSA) is 93.4 Å². The highest BCUT2D eigenvalue weighted by Crippen LogP contribution is 2.34. The Morgan fingerprint density at radius 1 is 1.33 bits per heavy atom. The fourth-order valence-corrected chi connectivity index (χ4v) is 2.79. The highest BCUT2D eigenvalue weighted by molar-refractivity contribution is 5.59. The minimum Gasteiger partial charge on any atom is -0.366 e. The Morgan fingerprint density at radius 2 is 1.90 bits per heavy atom. The van der Waals surface area contributed by atoms with Crippen LogP contribution in [0, 0.1) is 10.1 Å². The van der Waals surface area contributed by atoms with Crippen LogP contribution in [0.4, 0.5) is 17.5 Å². The molecule has 1 saturated heterocycles. The molecule has 2 rings (SSSR count). The molecule has 21 heavy (non-hydrogen) atoms. The van der Waals surface area contributed by atoms with Gasteiger partial charge >= 0.3 is 5.69 Å². The Bertz CT molecular complexity index is 543. The fourth-order valence-electron chi connectivity index (χ4n) is 2.79. The summed E-state index contributed by atoms with van der Waals surface area (Å²) < 4.78 is 6.00. The van der Waals surface area contributed by atoms with E-state index in [0.29, 0.717) is 24.9 Å². The standard InChI is InChI=1S/C13H21N5O3/c1-12(2)7-17(8-13(3,4)21-12)10-9(18(19)20)6-15-11(14-5)16-10/h6H,7-8H2,1-5H3,(H,14,15,16). The van der Waals surface area contributed by atoms with E-state index in [4.69, 9.17) is 4.74 Å². The summed E-state index contributed by atoms with van der Waals surface area (Å²) in [5.74, 6) is 0.682. The van der Waals surface area contributed by atoms with Crippen molar-refractivity contribution >= 4 is 17.5 Å². The number of hydrogen-bond donors (Lipinski definition) is 1. The van der Waals surface area contributed by atoms with Crippen LogP contribution in [0.15, 0.2) is 6.20 Å². The van der Waals surface area contributed by atoms with Gasteiger partial charge in [0.15, 0.2) is 0 Å². The molecular formula is C13H21N5O3. The Balaban J connectivity index is 2.46. The lowest BCUT2D eigenvalue weighted by Crippen LogP contribution is -2.57. The molecule has 0 unspecified atom stereocenters. The largest absolute Gasteiger partial charge is 0.366 e. The van der Waals surface area contributed by atoms with Crippen LogP contribution in [0.5, 0.6) is 0 Å². The Kier molecular flexibility index (Phi) is 3.75. The van der Waals surface area contributed by atoms with Gasteiger partial charge in [0.05, 0.1) is 16.1 Å². The molecule has 8 heteroatoms. The zero-order valence-electron chi connectivity index (χ0n) is 13.0. The molecule has 1 aromatic heterocycles. The Morgan fingerprint density at radius 3 is 2.38 bits per heavy atom. The molecule has 8 nitrogen and oxygen atoms in total. The predicted octanol–water partition coefficient (Wildman–Crippen LogP) is 1.82. The van der Waals surface area contributed by atoms with Crippen LogP contribution < -0.4 is 10.2 Å². The maximum absolute atomic E-state index is 11.2. The van der Waals surface area contributed by atoms with E-state index in [1.807, 2.05) is 32.6 Å². The van der Waals surface area contributed by atoms with E-state index in [1.165, 1.54) is 6.20 Å². The van der Waals surface area contributed by atoms with E-state index in [1.54, 1.807) is 7.05 Å². The third kappa shape index (κ3) is 3.38. The molecule has 1 aliphatic heterocycles. The zero-order chi connectivity index (χ0) is 15.8. The van der Waals surface area contributed by atoms with Gasteiger partial charge in [-0.25, -0.2) is 4.98 Å². The summed E-state index contributed by atoms with van der Waals surface area (Å²) in [6.45, 7) is 8.91. The van der Waals surface area contributed by atoms with E-state index in [9.17, 15) is 10.1 Å². The van der Waals surface area contributed by atoms with Gasteiger partial charge in [-0.3, -0.25) is 10.1 Å². The van der Waals surface area contributed by atoms with Gasteiger partial charge in [0.25, 0.3) is 0 Å². The van der Waals surface area contributed by atoms with Gasteiger partial charge in [0.1, 0.15) is 6.20 Å². The summed E-state index contributed by atoms with van der Waals surface area (Å²) in [7, 11) is 1.68. The number of hydrogen-bond acceptors (Lipinski definition) is 7. The van der Waals surface area contributed by atoms with Crippen molar-refractivity contribution in [3.8, 4) is 0 Å². The Labute approximate surface area is 123 Å². The van der Waals surface area contributed by atoms with Crippen LogP contribution >= 0.6 is 0 Å². The number of ether oxygens (including phenoxy) is 1. The SMILES string of the molecule is CNc1ncc([N+](=O)[O-])c(N2CC(C)(C)OC(C)(C)C2)n1. The van der Waals surface area contributed by atoms with Crippen molar-refractivity contribution in [2.24, 2.45) is 0 Å². The van der Waals surface area contributed by atoms with Crippen molar-refractivity contribution in [3.05, 3.63) is 16.3 Å². The number of aromatic nitrogens is 2. The molecule has 1 aromatic rings. The van der Waals surface area contributed by atoms with Crippen molar-refractivity contribution in [3.63, 3.8) is 0 Å². The Hall–Kier alpha value is -1.96. The average molecular weight is 295 g/mol. The third-order valence-corrected chi connectivity index (χ3v) is 3.17. The van der Waals surface area contributed by atoms with E-state index >= 15 is 0 Å². The van der Waals surface area contributed by atoms with Crippen LogP contribution in [0.3, 0.4) is 0 Å². The van der Waals surface area contributed by atoms with E-state index < -0.39 is 16.1 Å². The van der Waals surface area contributed by atoms with Gasteiger partial charge < -0.3 is 15.0 Å². The lowest BCUT2D eigenvalue weighted by molar-refractivity contribution is -0.384. The highest BCUT2D eigenvalue weighted by Gasteiger charge is 2.40. The quantitative estimate of drug-likeness (QED) is 0.671. The van der Waals surface area contributed by atoms with Crippen LogP contribution in [0.1, 0.15) is 27.7 Å². The van der Waals surface area contributed by atoms with Crippen molar-refractivity contribution in [2.75, 3.05) is 30.4 Å². The minimum atomic E-state index is -0.454. The van der Waals surface area contributed by atoms with Crippen molar-refractivity contribution in [1.29, 1.82) is 0 Å². The second kappa shape index (κ2) is 5.10. The molecule has 0 saturated carbocycles. The monoisotopic (exact) mass is 295 g/mol. The molecule has 0 amide bonds.